The van der Waals surface area contributed by atoms with Gasteiger partial charge < -0.3 is 0 Å². The van der Waals surface area contributed by atoms with Gasteiger partial charge in [0.25, 0.3) is 0 Å². The molecule has 90 valence electrons. The molecule has 4 heteroatoms. The Balaban J connectivity index is 1.90. The third-order valence-corrected chi connectivity index (χ3v) is 3.25. The molecular formula is C13H15FN2S. The summed E-state index contributed by atoms with van der Waals surface area (Å²) in [4.78, 5) is 6.36. The molecule has 1 aliphatic rings. The van der Waals surface area contributed by atoms with Crippen molar-refractivity contribution >= 4 is 17.4 Å². The molecule has 0 radical (unpaired) electrons. The smallest absolute Gasteiger partial charge is 0.127 e. The van der Waals surface area contributed by atoms with E-state index in [1.807, 2.05) is 12.1 Å². The van der Waals surface area contributed by atoms with Gasteiger partial charge in [0, 0.05) is 25.2 Å². The molecule has 0 atom stereocenters. The Kier molecular flexibility index (Phi) is 4.37. The van der Waals surface area contributed by atoms with Crippen LogP contribution < -0.4 is 0 Å². The van der Waals surface area contributed by atoms with Crippen LogP contribution in [0.4, 0.5) is 4.39 Å². The van der Waals surface area contributed by atoms with E-state index in [9.17, 15) is 4.39 Å². The molecule has 2 rings (SSSR count). The number of nitrogens with zero attached hydrogens (tertiary/aromatic N) is 2. The SMILES string of the molecule is Fc1ccccc1CN1CCC(N=C=S)CC1. The summed E-state index contributed by atoms with van der Waals surface area (Å²) >= 11 is 4.60. The molecule has 0 spiro atoms. The summed E-state index contributed by atoms with van der Waals surface area (Å²) in [5.41, 5.74) is 0.768. The van der Waals surface area contributed by atoms with Crippen molar-refractivity contribution < 1.29 is 4.39 Å². The minimum Gasteiger partial charge on any atom is -0.299 e. The Hall–Kier alpha value is -1.09. The van der Waals surface area contributed by atoms with E-state index in [-0.39, 0.29) is 5.82 Å². The Morgan fingerprint density at radius 2 is 2.06 bits per heavy atom. The van der Waals surface area contributed by atoms with E-state index in [4.69, 9.17) is 0 Å². The van der Waals surface area contributed by atoms with E-state index in [1.54, 1.807) is 6.07 Å². The van der Waals surface area contributed by atoms with Gasteiger partial charge in [0.2, 0.25) is 0 Å². The molecule has 1 saturated heterocycles. The maximum atomic E-state index is 13.5. The summed E-state index contributed by atoms with van der Waals surface area (Å²) in [5.74, 6) is -0.119. The number of aliphatic imine (C=N–C) groups is 1. The van der Waals surface area contributed by atoms with Crippen molar-refractivity contribution in [3.63, 3.8) is 0 Å². The number of rotatable bonds is 3. The molecule has 0 N–H and O–H groups in total. The quantitative estimate of drug-likeness (QED) is 0.605. The fourth-order valence-electron chi connectivity index (χ4n) is 2.15. The van der Waals surface area contributed by atoms with E-state index in [2.05, 4.69) is 27.3 Å². The molecule has 0 unspecified atom stereocenters. The molecular weight excluding hydrogens is 235 g/mol. The zero-order valence-electron chi connectivity index (χ0n) is 9.60. The molecule has 1 aliphatic heterocycles. The van der Waals surface area contributed by atoms with Crippen molar-refractivity contribution in [2.75, 3.05) is 13.1 Å². The highest BCUT2D eigenvalue weighted by molar-refractivity contribution is 7.78. The summed E-state index contributed by atoms with van der Waals surface area (Å²) < 4.78 is 13.5. The first-order valence-electron chi connectivity index (χ1n) is 5.82. The van der Waals surface area contributed by atoms with Gasteiger partial charge in [0.05, 0.1) is 11.2 Å². The van der Waals surface area contributed by atoms with E-state index in [0.717, 1.165) is 31.5 Å². The summed E-state index contributed by atoms with van der Waals surface area (Å²) in [6, 6.07) is 7.26. The lowest BCUT2D eigenvalue weighted by Gasteiger charge is -2.29. The molecule has 2 nitrogen and oxygen atoms in total. The monoisotopic (exact) mass is 250 g/mol. The van der Waals surface area contributed by atoms with E-state index in [0.29, 0.717) is 12.6 Å². The molecule has 0 bridgehead atoms. The van der Waals surface area contributed by atoms with Gasteiger partial charge in [-0.05, 0) is 31.1 Å². The first-order chi connectivity index (χ1) is 8.29. The molecule has 1 heterocycles. The minimum absolute atomic E-state index is 0.119. The predicted octanol–water partition coefficient (Wildman–Crippen LogP) is 2.89. The number of benzene rings is 1. The van der Waals surface area contributed by atoms with Gasteiger partial charge in [-0.25, -0.2) is 9.38 Å². The second kappa shape index (κ2) is 6.01. The Bertz CT molecular complexity index is 421. The van der Waals surface area contributed by atoms with Crippen LogP contribution in [0.1, 0.15) is 18.4 Å². The Morgan fingerprint density at radius 3 is 2.71 bits per heavy atom. The van der Waals surface area contributed by atoms with Gasteiger partial charge in [-0.2, -0.15) is 0 Å². The second-order valence-corrected chi connectivity index (χ2v) is 4.50. The lowest BCUT2D eigenvalue weighted by Crippen LogP contribution is -2.34. The molecule has 0 aliphatic carbocycles. The molecule has 17 heavy (non-hydrogen) atoms. The van der Waals surface area contributed by atoms with Gasteiger partial charge in [0.1, 0.15) is 5.82 Å². The van der Waals surface area contributed by atoms with Crippen LogP contribution in [-0.4, -0.2) is 29.2 Å². The largest absolute Gasteiger partial charge is 0.299 e. The van der Waals surface area contributed by atoms with Crippen molar-refractivity contribution in [1.29, 1.82) is 0 Å². The number of halogens is 1. The highest BCUT2D eigenvalue weighted by Gasteiger charge is 2.18. The Morgan fingerprint density at radius 1 is 1.35 bits per heavy atom. The van der Waals surface area contributed by atoms with Crippen LogP contribution in [0.25, 0.3) is 0 Å². The van der Waals surface area contributed by atoms with Gasteiger partial charge in [-0.3, -0.25) is 4.90 Å². The number of piperidine rings is 1. The third-order valence-electron chi connectivity index (χ3n) is 3.14. The number of isothiocyanates is 1. The normalized spacial score (nSPS) is 17.7. The zero-order valence-corrected chi connectivity index (χ0v) is 10.4. The molecule has 1 fully saturated rings. The van der Waals surface area contributed by atoms with Gasteiger partial charge in [-0.1, -0.05) is 18.2 Å². The fraction of sp³-hybridized carbons (Fsp3) is 0.462. The van der Waals surface area contributed by atoms with Crippen LogP contribution in [0.2, 0.25) is 0 Å². The number of hydrogen-bond donors (Lipinski definition) is 0. The Labute approximate surface area is 106 Å². The van der Waals surface area contributed by atoms with Gasteiger partial charge in [-0.15, -0.1) is 0 Å². The van der Waals surface area contributed by atoms with Crippen molar-refractivity contribution in [2.45, 2.75) is 25.4 Å². The summed E-state index contributed by atoms with van der Waals surface area (Å²) in [5, 5.41) is 2.44. The molecule has 0 amide bonds. The fourth-order valence-corrected chi connectivity index (χ4v) is 2.30. The maximum absolute atomic E-state index is 13.5. The van der Waals surface area contributed by atoms with Crippen molar-refractivity contribution in [1.82, 2.24) is 4.90 Å². The number of likely N-dealkylation sites (tertiary alicyclic amines) is 1. The van der Waals surface area contributed by atoms with E-state index < -0.39 is 0 Å². The topological polar surface area (TPSA) is 15.6 Å². The standard InChI is InChI=1S/C13H15FN2S/c14-13-4-2-1-3-11(13)9-16-7-5-12(6-8-16)15-10-17/h1-4,12H,5-9H2. The van der Waals surface area contributed by atoms with Crippen molar-refractivity contribution in [3.05, 3.63) is 35.6 Å². The minimum atomic E-state index is -0.119. The van der Waals surface area contributed by atoms with Crippen LogP contribution >= 0.6 is 12.2 Å². The van der Waals surface area contributed by atoms with Gasteiger partial charge >= 0.3 is 0 Å². The van der Waals surface area contributed by atoms with Crippen LogP contribution in [0.15, 0.2) is 29.3 Å². The molecule has 0 aromatic heterocycles. The second-order valence-electron chi connectivity index (χ2n) is 4.32. The first kappa shape index (κ1) is 12.4. The average Bonchev–Trinajstić information content (AvgIpc) is 2.35. The molecule has 1 aromatic rings. The number of thiocarbonyl (C=S) groups is 1. The average molecular weight is 250 g/mol. The van der Waals surface area contributed by atoms with Crippen LogP contribution in [0.5, 0.6) is 0 Å². The lowest BCUT2D eigenvalue weighted by molar-refractivity contribution is 0.204. The van der Waals surface area contributed by atoms with E-state index >= 15 is 0 Å². The van der Waals surface area contributed by atoms with Crippen LogP contribution in [0.3, 0.4) is 0 Å². The third kappa shape index (κ3) is 3.43. The lowest BCUT2D eigenvalue weighted by atomic mass is 10.0. The van der Waals surface area contributed by atoms with Crippen LogP contribution in [0, 0.1) is 5.82 Å². The van der Waals surface area contributed by atoms with Crippen molar-refractivity contribution in [3.8, 4) is 0 Å². The highest BCUT2D eigenvalue weighted by Crippen LogP contribution is 2.17. The van der Waals surface area contributed by atoms with Crippen molar-refractivity contribution in [2.24, 2.45) is 4.99 Å². The first-order valence-corrected chi connectivity index (χ1v) is 6.23. The summed E-state index contributed by atoms with van der Waals surface area (Å²) in [6.45, 7) is 2.57. The molecule has 0 saturated carbocycles. The molecule has 1 aromatic carbocycles. The highest BCUT2D eigenvalue weighted by atomic mass is 32.1. The summed E-state index contributed by atoms with van der Waals surface area (Å²) in [7, 11) is 0. The zero-order chi connectivity index (χ0) is 12.1. The maximum Gasteiger partial charge on any atom is 0.127 e. The van der Waals surface area contributed by atoms with Gasteiger partial charge in [0.15, 0.2) is 0 Å². The summed E-state index contributed by atoms with van der Waals surface area (Å²) in [6.07, 6.45) is 1.97. The number of hydrogen-bond acceptors (Lipinski definition) is 3. The van der Waals surface area contributed by atoms with E-state index in [1.165, 1.54) is 6.07 Å². The van der Waals surface area contributed by atoms with Crippen LogP contribution in [-0.2, 0) is 6.54 Å². The predicted molar refractivity (Wildman–Crippen MR) is 69.7 cm³/mol.